The Labute approximate surface area is 271 Å². The van der Waals surface area contributed by atoms with Crippen LogP contribution in [0.3, 0.4) is 0 Å². The molecule has 0 atom stereocenters. The molecule has 0 radical (unpaired) electrons. The fourth-order valence-electron chi connectivity index (χ4n) is 6.67. The first kappa shape index (κ1) is 30.2. The maximum absolute atomic E-state index is 6.48. The number of fused-ring (bicyclic) bond motifs is 2. The van der Waals surface area contributed by atoms with Gasteiger partial charge in [0.05, 0.1) is 11.2 Å². The van der Waals surface area contributed by atoms with Crippen molar-refractivity contribution in [3.8, 4) is 22.5 Å². The second-order valence-electron chi connectivity index (χ2n) is 13.6. The van der Waals surface area contributed by atoms with E-state index in [1.165, 1.54) is 0 Å². The number of nitrogens with zero attached hydrogens (tertiary/aromatic N) is 6. The molecule has 238 valence electrons. The lowest BCUT2D eigenvalue weighted by Gasteiger charge is -2.39. The van der Waals surface area contributed by atoms with Crippen molar-refractivity contribution in [1.29, 1.82) is 0 Å². The van der Waals surface area contributed by atoms with Crippen molar-refractivity contribution in [2.45, 2.75) is 51.2 Å². The highest BCUT2D eigenvalue weighted by Crippen LogP contribution is 2.40. The summed E-state index contributed by atoms with van der Waals surface area (Å²) in [4.78, 5) is 19.4. The number of imidazole rings is 1. The van der Waals surface area contributed by atoms with E-state index < -0.39 is 0 Å². The number of nitrogen functional groups attached to an aromatic ring is 1. The second kappa shape index (κ2) is 12.4. The highest BCUT2D eigenvalue weighted by atomic mass is 16.5. The first-order valence-electron chi connectivity index (χ1n) is 16.4. The number of nitrogens with two attached hydrogens (primary N) is 1. The molecule has 46 heavy (non-hydrogen) atoms. The predicted octanol–water partition coefficient (Wildman–Crippen LogP) is 5.93. The SMILES string of the molecule is C=C(OC(C)(C)C)N1CCN(CCN[C@H]2C[C@@H](c3nc(-c4ccc5ccc(-c6ccccc6)nc5c4)c4c(N)nccn43)C2)CC1. The molecule has 0 unspecified atom stereocenters. The Balaban J connectivity index is 0.999. The number of nitrogens with one attached hydrogen (secondary N) is 1. The first-order valence-corrected chi connectivity index (χ1v) is 16.4. The van der Waals surface area contributed by atoms with Gasteiger partial charge < -0.3 is 20.7 Å². The Hall–Kier alpha value is -4.47. The molecule has 1 saturated carbocycles. The lowest BCUT2D eigenvalue weighted by Crippen LogP contribution is -2.49. The van der Waals surface area contributed by atoms with Crippen molar-refractivity contribution >= 4 is 22.2 Å². The molecular formula is C37H44N8O. The van der Waals surface area contributed by atoms with Gasteiger partial charge in [-0.2, -0.15) is 0 Å². The van der Waals surface area contributed by atoms with E-state index in [0.29, 0.717) is 17.8 Å². The van der Waals surface area contributed by atoms with Crippen LogP contribution < -0.4 is 11.1 Å². The summed E-state index contributed by atoms with van der Waals surface area (Å²) >= 11 is 0. The van der Waals surface area contributed by atoms with Crippen LogP contribution in [0.2, 0.25) is 0 Å². The molecule has 9 heteroatoms. The van der Waals surface area contributed by atoms with E-state index >= 15 is 0 Å². The largest absolute Gasteiger partial charge is 0.474 e. The maximum Gasteiger partial charge on any atom is 0.182 e. The van der Waals surface area contributed by atoms with Crippen LogP contribution in [-0.2, 0) is 4.74 Å². The monoisotopic (exact) mass is 616 g/mol. The zero-order chi connectivity index (χ0) is 31.8. The Bertz CT molecular complexity index is 1850. The smallest absolute Gasteiger partial charge is 0.182 e. The molecule has 1 aliphatic carbocycles. The van der Waals surface area contributed by atoms with Gasteiger partial charge in [0.15, 0.2) is 5.88 Å². The molecule has 1 saturated heterocycles. The van der Waals surface area contributed by atoms with Gasteiger partial charge in [0.1, 0.15) is 28.5 Å². The average Bonchev–Trinajstić information content (AvgIpc) is 3.42. The number of pyridine rings is 1. The van der Waals surface area contributed by atoms with Crippen LogP contribution >= 0.6 is 0 Å². The molecule has 2 fully saturated rings. The van der Waals surface area contributed by atoms with E-state index in [-0.39, 0.29) is 5.60 Å². The fourth-order valence-corrected chi connectivity index (χ4v) is 6.67. The molecule has 0 amide bonds. The number of rotatable bonds is 9. The Morgan fingerprint density at radius 1 is 0.978 bits per heavy atom. The maximum atomic E-state index is 6.48. The number of piperazine rings is 1. The number of benzene rings is 2. The van der Waals surface area contributed by atoms with E-state index in [1.54, 1.807) is 6.20 Å². The molecule has 0 spiro atoms. The van der Waals surface area contributed by atoms with Gasteiger partial charge in [0, 0.05) is 80.1 Å². The van der Waals surface area contributed by atoms with Crippen molar-refractivity contribution in [1.82, 2.24) is 34.5 Å². The fraction of sp³-hybridized carbons (Fsp3) is 0.378. The summed E-state index contributed by atoms with van der Waals surface area (Å²) in [6, 6.07) is 21.3. The van der Waals surface area contributed by atoms with Crippen LogP contribution in [0.5, 0.6) is 0 Å². The van der Waals surface area contributed by atoms with Crippen molar-refractivity contribution < 1.29 is 4.74 Å². The van der Waals surface area contributed by atoms with E-state index in [0.717, 1.165) is 103 Å². The normalized spacial score (nSPS) is 19.0. The lowest BCUT2D eigenvalue weighted by atomic mass is 9.79. The van der Waals surface area contributed by atoms with Gasteiger partial charge in [-0.25, -0.2) is 15.0 Å². The van der Waals surface area contributed by atoms with Gasteiger partial charge in [-0.1, -0.05) is 48.5 Å². The van der Waals surface area contributed by atoms with Crippen LogP contribution in [0, 0.1) is 0 Å². The highest BCUT2D eigenvalue weighted by Gasteiger charge is 2.34. The predicted molar refractivity (Wildman–Crippen MR) is 185 cm³/mol. The summed E-state index contributed by atoms with van der Waals surface area (Å²) in [5, 5.41) is 4.88. The topological polar surface area (TPSA) is 96.8 Å². The van der Waals surface area contributed by atoms with Crippen LogP contribution in [0.25, 0.3) is 38.9 Å². The lowest BCUT2D eigenvalue weighted by molar-refractivity contribution is -0.00961. The highest BCUT2D eigenvalue weighted by molar-refractivity contribution is 5.91. The third kappa shape index (κ3) is 6.30. The van der Waals surface area contributed by atoms with E-state index in [2.05, 4.69) is 94.3 Å². The third-order valence-corrected chi connectivity index (χ3v) is 9.16. The minimum atomic E-state index is -0.215. The molecule has 1 aliphatic heterocycles. The Morgan fingerprint density at radius 2 is 1.74 bits per heavy atom. The molecule has 3 aromatic heterocycles. The molecular weight excluding hydrogens is 572 g/mol. The number of hydrogen-bond acceptors (Lipinski definition) is 8. The molecule has 5 aromatic rings. The van der Waals surface area contributed by atoms with Gasteiger partial charge >= 0.3 is 0 Å². The summed E-state index contributed by atoms with van der Waals surface area (Å²) in [6.45, 7) is 16.3. The van der Waals surface area contributed by atoms with E-state index in [4.69, 9.17) is 20.4 Å². The van der Waals surface area contributed by atoms with Crippen LogP contribution in [0.4, 0.5) is 5.82 Å². The summed E-state index contributed by atoms with van der Waals surface area (Å²) in [6.07, 6.45) is 5.87. The van der Waals surface area contributed by atoms with Crippen LogP contribution in [0.1, 0.15) is 45.4 Å². The van der Waals surface area contributed by atoms with Gasteiger partial charge in [0.25, 0.3) is 0 Å². The molecule has 0 bridgehead atoms. The van der Waals surface area contributed by atoms with E-state index in [1.807, 2.05) is 24.4 Å². The van der Waals surface area contributed by atoms with Gasteiger partial charge in [0.2, 0.25) is 0 Å². The quantitative estimate of drug-likeness (QED) is 0.197. The number of aromatic nitrogens is 4. The van der Waals surface area contributed by atoms with Gasteiger partial charge in [-0.3, -0.25) is 9.30 Å². The molecule has 7 rings (SSSR count). The second-order valence-corrected chi connectivity index (χ2v) is 13.6. The molecule has 2 aromatic carbocycles. The minimum absolute atomic E-state index is 0.215. The van der Waals surface area contributed by atoms with Gasteiger partial charge in [-0.05, 0) is 52.3 Å². The zero-order valence-corrected chi connectivity index (χ0v) is 27.1. The number of hydrogen-bond donors (Lipinski definition) is 2. The van der Waals surface area contributed by atoms with Crippen LogP contribution in [-0.4, -0.2) is 80.1 Å². The third-order valence-electron chi connectivity index (χ3n) is 9.16. The molecule has 3 N–H and O–H groups in total. The Morgan fingerprint density at radius 3 is 2.50 bits per heavy atom. The van der Waals surface area contributed by atoms with Crippen molar-refractivity contribution in [2.75, 3.05) is 45.0 Å². The summed E-state index contributed by atoms with van der Waals surface area (Å²) < 4.78 is 8.12. The number of anilines is 1. The Kier molecular flexibility index (Phi) is 8.13. The minimum Gasteiger partial charge on any atom is -0.474 e. The van der Waals surface area contributed by atoms with E-state index in [9.17, 15) is 0 Å². The van der Waals surface area contributed by atoms with Crippen molar-refractivity contribution in [3.05, 3.63) is 91.3 Å². The standard InChI is InChI=1S/C37H44N8O/c1-25(46-37(2,3)4)44-20-18-43(19-21-44)16-14-39-30-22-29(23-30)36-42-33(34-35(38)40-15-17-45(34)36)28-11-10-27-12-13-31(41-32(27)24-28)26-8-6-5-7-9-26/h5-13,15,17,24,29-30,39H,1,14,16,18-23H2,2-4H3,(H2,38,40)/t29-,30+. The summed E-state index contributed by atoms with van der Waals surface area (Å²) in [7, 11) is 0. The molecule has 2 aliphatic rings. The van der Waals surface area contributed by atoms with Crippen molar-refractivity contribution in [2.24, 2.45) is 0 Å². The summed E-state index contributed by atoms with van der Waals surface area (Å²) in [5.41, 5.74) is 12.0. The van der Waals surface area contributed by atoms with Gasteiger partial charge in [-0.15, -0.1) is 0 Å². The number of ether oxygens (including phenoxy) is 1. The summed E-state index contributed by atoms with van der Waals surface area (Å²) in [5.74, 6) is 2.69. The van der Waals surface area contributed by atoms with Crippen molar-refractivity contribution in [3.63, 3.8) is 0 Å². The molecule has 9 nitrogen and oxygen atoms in total. The molecule has 4 heterocycles. The van der Waals surface area contributed by atoms with Crippen LogP contribution in [0.15, 0.2) is 85.5 Å². The zero-order valence-electron chi connectivity index (χ0n) is 27.1. The first-order chi connectivity index (χ1) is 22.2. The average molecular weight is 617 g/mol.